The van der Waals surface area contributed by atoms with E-state index in [4.69, 9.17) is 5.73 Å². The molecular formula is C20H23N3O3S. The third-order valence-corrected chi connectivity index (χ3v) is 5.95. The number of amides is 1. The monoisotopic (exact) mass is 385 g/mol. The van der Waals surface area contributed by atoms with Gasteiger partial charge in [-0.1, -0.05) is 30.0 Å². The van der Waals surface area contributed by atoms with Gasteiger partial charge < -0.3 is 10.6 Å². The summed E-state index contributed by atoms with van der Waals surface area (Å²) in [6.07, 6.45) is 1.90. The minimum Gasteiger partial charge on any atom is -0.338 e. The molecule has 0 aliphatic carbocycles. The maximum atomic E-state index is 13.2. The van der Waals surface area contributed by atoms with Crippen LogP contribution in [0.3, 0.4) is 0 Å². The molecule has 2 N–H and O–H groups in total. The summed E-state index contributed by atoms with van der Waals surface area (Å²) in [6, 6.07) is 14.2. The van der Waals surface area contributed by atoms with Gasteiger partial charge in [-0.05, 0) is 43.9 Å². The van der Waals surface area contributed by atoms with Gasteiger partial charge in [0.05, 0.1) is 10.5 Å². The van der Waals surface area contributed by atoms with E-state index < -0.39 is 4.92 Å². The fourth-order valence-corrected chi connectivity index (χ4v) is 4.24. The highest BCUT2D eigenvalue weighted by molar-refractivity contribution is 7.99. The van der Waals surface area contributed by atoms with Gasteiger partial charge in [0.25, 0.3) is 11.6 Å². The van der Waals surface area contributed by atoms with Gasteiger partial charge in [-0.2, -0.15) is 0 Å². The lowest BCUT2D eigenvalue weighted by molar-refractivity contribution is -0.384. The SMILES string of the molecule is CC(N)C1CCCN(C(=O)c2cc([N+](=O)[O-])ccc2Sc2ccccc2)C1. The van der Waals surface area contributed by atoms with Gasteiger partial charge in [-0.25, -0.2) is 0 Å². The van der Waals surface area contributed by atoms with Crippen LogP contribution in [0.25, 0.3) is 0 Å². The summed E-state index contributed by atoms with van der Waals surface area (Å²) in [5, 5.41) is 11.2. The van der Waals surface area contributed by atoms with Crippen molar-refractivity contribution >= 4 is 23.4 Å². The summed E-state index contributed by atoms with van der Waals surface area (Å²) in [5.74, 6) is 0.0918. The van der Waals surface area contributed by atoms with Gasteiger partial charge in [0.2, 0.25) is 0 Å². The van der Waals surface area contributed by atoms with E-state index in [1.54, 1.807) is 11.0 Å². The number of piperidine rings is 1. The fraction of sp³-hybridized carbons (Fsp3) is 0.350. The van der Waals surface area contributed by atoms with E-state index in [9.17, 15) is 14.9 Å². The van der Waals surface area contributed by atoms with Crippen molar-refractivity contribution in [2.24, 2.45) is 11.7 Å². The number of non-ortho nitro benzene ring substituents is 1. The molecule has 1 aliphatic rings. The molecule has 1 fully saturated rings. The molecule has 1 aliphatic heterocycles. The molecule has 0 spiro atoms. The summed E-state index contributed by atoms with van der Waals surface area (Å²) >= 11 is 1.44. The minimum atomic E-state index is -0.464. The van der Waals surface area contributed by atoms with Crippen LogP contribution in [-0.2, 0) is 0 Å². The lowest BCUT2D eigenvalue weighted by Crippen LogP contribution is -2.45. The molecule has 2 aromatic carbocycles. The van der Waals surface area contributed by atoms with E-state index in [2.05, 4.69) is 0 Å². The van der Waals surface area contributed by atoms with E-state index in [0.29, 0.717) is 18.7 Å². The summed E-state index contributed by atoms with van der Waals surface area (Å²) < 4.78 is 0. The first-order valence-corrected chi connectivity index (χ1v) is 9.83. The molecule has 27 heavy (non-hydrogen) atoms. The molecule has 0 bridgehead atoms. The maximum absolute atomic E-state index is 13.2. The van der Waals surface area contributed by atoms with Gasteiger partial charge in [0.1, 0.15) is 0 Å². The number of benzene rings is 2. The number of carbonyl (C=O) groups excluding carboxylic acids is 1. The second-order valence-electron chi connectivity index (χ2n) is 6.87. The molecule has 2 atom stereocenters. The van der Waals surface area contributed by atoms with Crippen molar-refractivity contribution in [2.45, 2.75) is 35.6 Å². The first-order chi connectivity index (χ1) is 13.0. The van der Waals surface area contributed by atoms with Crippen molar-refractivity contribution in [1.29, 1.82) is 0 Å². The first kappa shape index (κ1) is 19.4. The van der Waals surface area contributed by atoms with E-state index in [-0.39, 0.29) is 23.6 Å². The third kappa shape index (κ3) is 4.67. The Bertz CT molecular complexity index is 826. The van der Waals surface area contributed by atoms with E-state index in [1.807, 2.05) is 37.3 Å². The molecule has 2 aromatic rings. The van der Waals surface area contributed by atoms with Crippen molar-refractivity contribution in [3.05, 3.63) is 64.2 Å². The number of rotatable bonds is 5. The highest BCUT2D eigenvalue weighted by Gasteiger charge is 2.28. The van der Waals surface area contributed by atoms with Crippen molar-refractivity contribution in [3.8, 4) is 0 Å². The van der Waals surface area contributed by atoms with E-state index in [0.717, 1.165) is 22.6 Å². The average Bonchev–Trinajstić information content (AvgIpc) is 2.68. The molecule has 7 heteroatoms. The average molecular weight is 385 g/mol. The van der Waals surface area contributed by atoms with E-state index in [1.165, 1.54) is 23.9 Å². The molecule has 142 valence electrons. The van der Waals surface area contributed by atoms with Crippen molar-refractivity contribution in [1.82, 2.24) is 4.90 Å². The molecule has 1 saturated heterocycles. The number of nitrogens with zero attached hydrogens (tertiary/aromatic N) is 2. The van der Waals surface area contributed by atoms with Crippen LogP contribution in [-0.4, -0.2) is 34.9 Å². The van der Waals surface area contributed by atoms with Crippen LogP contribution in [0, 0.1) is 16.0 Å². The van der Waals surface area contributed by atoms with Crippen LogP contribution in [0.1, 0.15) is 30.1 Å². The van der Waals surface area contributed by atoms with E-state index >= 15 is 0 Å². The molecular weight excluding hydrogens is 362 g/mol. The van der Waals surface area contributed by atoms with Gasteiger partial charge in [0.15, 0.2) is 0 Å². The molecule has 1 heterocycles. The highest BCUT2D eigenvalue weighted by Crippen LogP contribution is 2.34. The minimum absolute atomic E-state index is 0.0175. The highest BCUT2D eigenvalue weighted by atomic mass is 32.2. The Labute approximate surface area is 162 Å². The third-order valence-electron chi connectivity index (χ3n) is 4.86. The Kier molecular flexibility index (Phi) is 6.13. The van der Waals surface area contributed by atoms with Crippen LogP contribution in [0.15, 0.2) is 58.3 Å². The Morgan fingerprint density at radius 3 is 2.70 bits per heavy atom. The Balaban J connectivity index is 1.92. The van der Waals surface area contributed by atoms with Crippen LogP contribution in [0.2, 0.25) is 0 Å². The predicted octanol–water partition coefficient (Wildman–Crippen LogP) is 3.95. The largest absolute Gasteiger partial charge is 0.338 e. The van der Waals surface area contributed by atoms with Gasteiger partial charge >= 0.3 is 0 Å². The standard InChI is InChI=1S/C20H23N3O3S/c1-14(21)15-6-5-11-22(13-15)20(24)18-12-16(23(25)26)9-10-19(18)27-17-7-3-2-4-8-17/h2-4,7-10,12,14-15H,5-6,11,13,21H2,1H3. The normalized spacial score (nSPS) is 18.1. The van der Waals surface area contributed by atoms with Crippen molar-refractivity contribution in [3.63, 3.8) is 0 Å². The molecule has 3 rings (SSSR count). The number of hydrogen-bond donors (Lipinski definition) is 1. The molecule has 2 unspecified atom stereocenters. The molecule has 0 aromatic heterocycles. The Morgan fingerprint density at radius 2 is 2.04 bits per heavy atom. The maximum Gasteiger partial charge on any atom is 0.270 e. The number of nitro benzene ring substituents is 1. The van der Waals surface area contributed by atoms with Gasteiger partial charge in [-0.3, -0.25) is 14.9 Å². The number of hydrogen-bond acceptors (Lipinski definition) is 5. The topological polar surface area (TPSA) is 89.5 Å². The number of carbonyl (C=O) groups is 1. The van der Waals surface area contributed by atoms with Crippen molar-refractivity contribution < 1.29 is 9.72 Å². The zero-order valence-corrected chi connectivity index (χ0v) is 16.0. The lowest BCUT2D eigenvalue weighted by Gasteiger charge is -2.35. The summed E-state index contributed by atoms with van der Waals surface area (Å²) in [5.41, 5.74) is 6.34. The molecule has 0 saturated carbocycles. The van der Waals surface area contributed by atoms with Gasteiger partial charge in [0, 0.05) is 41.1 Å². The lowest BCUT2D eigenvalue weighted by atomic mass is 9.92. The fourth-order valence-electron chi connectivity index (χ4n) is 3.30. The van der Waals surface area contributed by atoms with Crippen LogP contribution in [0.4, 0.5) is 5.69 Å². The van der Waals surface area contributed by atoms with Gasteiger partial charge in [-0.15, -0.1) is 0 Å². The first-order valence-electron chi connectivity index (χ1n) is 9.02. The number of likely N-dealkylation sites (tertiary alicyclic amines) is 1. The second-order valence-corrected chi connectivity index (χ2v) is 7.98. The zero-order valence-electron chi connectivity index (χ0n) is 15.2. The quantitative estimate of drug-likeness (QED) is 0.622. The second kappa shape index (κ2) is 8.54. The van der Waals surface area contributed by atoms with Crippen LogP contribution >= 0.6 is 11.8 Å². The molecule has 1 amide bonds. The summed E-state index contributed by atoms with van der Waals surface area (Å²) in [4.78, 5) is 27.4. The van der Waals surface area contributed by atoms with Crippen molar-refractivity contribution in [2.75, 3.05) is 13.1 Å². The smallest absolute Gasteiger partial charge is 0.270 e. The number of nitrogens with two attached hydrogens (primary N) is 1. The zero-order chi connectivity index (χ0) is 19.4. The summed E-state index contributed by atoms with van der Waals surface area (Å²) in [7, 11) is 0. The molecule has 0 radical (unpaired) electrons. The Hall–Kier alpha value is -2.38. The Morgan fingerprint density at radius 1 is 1.30 bits per heavy atom. The number of nitro groups is 1. The molecule has 6 nitrogen and oxygen atoms in total. The summed E-state index contributed by atoms with van der Waals surface area (Å²) in [6.45, 7) is 3.21. The van der Waals surface area contributed by atoms with Crippen LogP contribution < -0.4 is 5.73 Å². The van der Waals surface area contributed by atoms with Crippen LogP contribution in [0.5, 0.6) is 0 Å². The predicted molar refractivity (Wildman–Crippen MR) is 106 cm³/mol.